The molecule has 0 bridgehead atoms. The van der Waals surface area contributed by atoms with Gasteiger partial charge in [-0.3, -0.25) is 9.89 Å². The topological polar surface area (TPSA) is 76.0 Å². The molecule has 0 radical (unpaired) electrons. The average molecular weight is 508 g/mol. The molecule has 192 valence electrons. The molecule has 6 rings (SSSR count). The molecule has 3 heterocycles. The number of aromatic amines is 1. The molecule has 4 aromatic rings. The smallest absolute Gasteiger partial charge is 0.168 e. The molecule has 1 saturated heterocycles. The first-order chi connectivity index (χ1) is 18.2. The van der Waals surface area contributed by atoms with Crippen LogP contribution in [-0.2, 0) is 13.0 Å². The van der Waals surface area contributed by atoms with Gasteiger partial charge in [0.05, 0.1) is 22.8 Å². The Morgan fingerprint density at radius 3 is 2.58 bits per heavy atom. The summed E-state index contributed by atoms with van der Waals surface area (Å²) in [5, 5.41) is 18.5. The summed E-state index contributed by atoms with van der Waals surface area (Å²) in [4.78, 5) is 17.3. The van der Waals surface area contributed by atoms with Crippen LogP contribution in [0.25, 0.3) is 33.3 Å². The second-order valence-electron chi connectivity index (χ2n) is 11.0. The highest BCUT2D eigenvalue weighted by molar-refractivity contribution is 6.01. The summed E-state index contributed by atoms with van der Waals surface area (Å²) in [6, 6.07) is 13.3. The number of aryl methyl sites for hydroxylation is 2. The van der Waals surface area contributed by atoms with Crippen LogP contribution in [0.5, 0.6) is 0 Å². The van der Waals surface area contributed by atoms with E-state index in [-0.39, 0.29) is 11.7 Å². The van der Waals surface area contributed by atoms with E-state index in [1.807, 2.05) is 13.1 Å². The summed E-state index contributed by atoms with van der Waals surface area (Å²) in [5.74, 6) is -0.614. The molecule has 0 unspecified atom stereocenters. The van der Waals surface area contributed by atoms with Crippen molar-refractivity contribution < 1.29 is 9.18 Å². The van der Waals surface area contributed by atoms with E-state index in [1.54, 1.807) is 19.1 Å². The van der Waals surface area contributed by atoms with Gasteiger partial charge in [0.15, 0.2) is 5.78 Å². The molecule has 0 saturated carbocycles. The van der Waals surface area contributed by atoms with E-state index in [0.717, 1.165) is 41.7 Å². The van der Waals surface area contributed by atoms with Crippen LogP contribution in [0.1, 0.15) is 38.2 Å². The average Bonchev–Trinajstić information content (AvgIpc) is 3.28. The number of fused-ring (bicyclic) bond motifs is 2. The van der Waals surface area contributed by atoms with Gasteiger partial charge in [-0.1, -0.05) is 0 Å². The number of hydrogen-bond acceptors (Lipinski definition) is 5. The number of carbonyl (C=O) groups excluding carboxylic acids is 1. The Morgan fingerprint density at radius 1 is 1.08 bits per heavy atom. The lowest BCUT2D eigenvalue weighted by atomic mass is 9.87. The third kappa shape index (κ3) is 4.01. The van der Waals surface area contributed by atoms with Crippen molar-refractivity contribution in [2.75, 3.05) is 33.7 Å². The number of nitrogens with zero attached hydrogens (tertiary/aromatic N) is 4. The summed E-state index contributed by atoms with van der Waals surface area (Å²) in [6.07, 6.45) is 1.03. The lowest BCUT2D eigenvalue weighted by molar-refractivity contribution is 0.0702. The third-order valence-corrected chi connectivity index (χ3v) is 8.12. The summed E-state index contributed by atoms with van der Waals surface area (Å²) in [6.45, 7) is 7.27. The van der Waals surface area contributed by atoms with Gasteiger partial charge >= 0.3 is 0 Å². The van der Waals surface area contributed by atoms with Crippen molar-refractivity contribution in [3.63, 3.8) is 0 Å². The largest absolute Gasteiger partial charge is 0.305 e. The van der Waals surface area contributed by atoms with Crippen LogP contribution < -0.4 is 0 Å². The second kappa shape index (κ2) is 9.16. The minimum atomic E-state index is -0.491. The van der Waals surface area contributed by atoms with E-state index in [2.05, 4.69) is 52.2 Å². The minimum absolute atomic E-state index is 0.0295. The number of Topliss-reactive ketones (excluding diaryl/α,β-unsaturated/α-hetero) is 1. The van der Waals surface area contributed by atoms with E-state index < -0.39 is 5.82 Å². The number of benzene rings is 3. The maximum absolute atomic E-state index is 15.7. The standard InChI is InChI=1S/C31H30FN5O/c1-17-7-19(9-22-14-36(3)6-5-24(17)22)30-26-12-25(21(13-33)11-28(26)34-35-30)29-18(2)8-20(10-27(29)32)31(38)23-15-37(4)16-23/h7-12,23H,5-6,14-16H2,1-4H3,(H,34,35). The van der Waals surface area contributed by atoms with Crippen LogP contribution in [0.15, 0.2) is 36.4 Å². The predicted octanol–water partition coefficient (Wildman–Crippen LogP) is 5.26. The lowest BCUT2D eigenvalue weighted by Gasteiger charge is -2.35. The minimum Gasteiger partial charge on any atom is -0.305 e. The number of likely N-dealkylation sites (tertiary alicyclic amines) is 1. The Bertz CT molecular complexity index is 1630. The molecule has 6 nitrogen and oxygen atoms in total. The van der Waals surface area contributed by atoms with Gasteiger partial charge < -0.3 is 9.80 Å². The zero-order chi connectivity index (χ0) is 26.7. The van der Waals surface area contributed by atoms with Gasteiger partial charge in [-0.2, -0.15) is 10.4 Å². The molecule has 3 aromatic carbocycles. The fraction of sp³-hybridized carbons (Fsp3) is 0.323. The Hall–Kier alpha value is -3.86. The van der Waals surface area contributed by atoms with Crippen molar-refractivity contribution in [2.24, 2.45) is 5.92 Å². The Labute approximate surface area is 221 Å². The SMILES string of the molecule is Cc1cc(-c2n[nH]c3cc(C#N)c(-c4c(C)cc(C(=O)C5CN(C)C5)cc4F)cc23)cc2c1CCN(C)C2. The molecule has 7 heteroatoms. The summed E-state index contributed by atoms with van der Waals surface area (Å²) < 4.78 is 15.7. The van der Waals surface area contributed by atoms with Gasteiger partial charge in [-0.05, 0) is 93.0 Å². The van der Waals surface area contributed by atoms with Gasteiger partial charge in [-0.25, -0.2) is 4.39 Å². The number of nitriles is 1. The number of carbonyl (C=O) groups is 1. The quantitative estimate of drug-likeness (QED) is 0.382. The highest BCUT2D eigenvalue weighted by Gasteiger charge is 2.31. The number of hydrogen-bond donors (Lipinski definition) is 1. The number of nitrogens with one attached hydrogen (secondary N) is 1. The number of aromatic nitrogens is 2. The highest BCUT2D eigenvalue weighted by atomic mass is 19.1. The molecule has 2 aliphatic heterocycles. The van der Waals surface area contributed by atoms with Gasteiger partial charge in [0.1, 0.15) is 5.82 Å². The molecule has 0 atom stereocenters. The van der Waals surface area contributed by atoms with Gasteiger partial charge in [0.2, 0.25) is 0 Å². The number of H-pyrrole nitrogens is 1. The number of halogens is 1. The summed E-state index contributed by atoms with van der Waals surface area (Å²) in [5.41, 5.74) is 8.70. The maximum atomic E-state index is 15.7. The van der Waals surface area contributed by atoms with E-state index >= 15 is 4.39 Å². The summed E-state index contributed by atoms with van der Waals surface area (Å²) >= 11 is 0. The van der Waals surface area contributed by atoms with Crippen LogP contribution in [0.4, 0.5) is 4.39 Å². The Balaban J connectivity index is 1.46. The monoisotopic (exact) mass is 507 g/mol. The normalized spacial score (nSPS) is 16.3. The van der Waals surface area contributed by atoms with Crippen LogP contribution >= 0.6 is 0 Å². The fourth-order valence-electron chi connectivity index (χ4n) is 6.11. The maximum Gasteiger partial charge on any atom is 0.168 e. The highest BCUT2D eigenvalue weighted by Crippen LogP contribution is 2.38. The van der Waals surface area contributed by atoms with Crippen molar-refractivity contribution in [3.8, 4) is 28.5 Å². The first kappa shape index (κ1) is 24.5. The first-order valence-corrected chi connectivity index (χ1v) is 13.0. The molecule has 1 N–H and O–H groups in total. The van der Waals surface area contributed by atoms with Gasteiger partial charge in [0, 0.05) is 59.7 Å². The molecule has 38 heavy (non-hydrogen) atoms. The van der Waals surface area contributed by atoms with Crippen LogP contribution in [-0.4, -0.2) is 59.5 Å². The molecular weight excluding hydrogens is 477 g/mol. The van der Waals surface area contributed by atoms with Crippen molar-refractivity contribution in [1.82, 2.24) is 20.0 Å². The number of ketones is 1. The van der Waals surface area contributed by atoms with Crippen molar-refractivity contribution in [2.45, 2.75) is 26.8 Å². The Morgan fingerprint density at radius 2 is 1.87 bits per heavy atom. The van der Waals surface area contributed by atoms with Crippen LogP contribution in [0, 0.1) is 36.9 Å². The van der Waals surface area contributed by atoms with E-state index in [0.29, 0.717) is 40.9 Å². The van der Waals surface area contributed by atoms with E-state index in [9.17, 15) is 10.1 Å². The van der Waals surface area contributed by atoms with Crippen molar-refractivity contribution >= 4 is 16.7 Å². The lowest BCUT2D eigenvalue weighted by Crippen LogP contribution is -2.47. The molecule has 1 fully saturated rings. The van der Waals surface area contributed by atoms with E-state index in [4.69, 9.17) is 0 Å². The van der Waals surface area contributed by atoms with Gasteiger partial charge in [0.25, 0.3) is 0 Å². The third-order valence-electron chi connectivity index (χ3n) is 8.12. The molecule has 1 aromatic heterocycles. The molecule has 0 amide bonds. The van der Waals surface area contributed by atoms with Crippen LogP contribution in [0.2, 0.25) is 0 Å². The van der Waals surface area contributed by atoms with Crippen LogP contribution in [0.3, 0.4) is 0 Å². The summed E-state index contributed by atoms with van der Waals surface area (Å²) in [7, 11) is 4.09. The van der Waals surface area contributed by atoms with Crippen molar-refractivity contribution in [3.05, 3.63) is 75.6 Å². The molecule has 0 aliphatic carbocycles. The molecular formula is C31H30FN5O. The van der Waals surface area contributed by atoms with Crippen molar-refractivity contribution in [1.29, 1.82) is 5.26 Å². The zero-order valence-electron chi connectivity index (χ0n) is 22.2. The first-order valence-electron chi connectivity index (χ1n) is 13.0. The predicted molar refractivity (Wildman–Crippen MR) is 146 cm³/mol. The number of likely N-dealkylation sites (N-methyl/N-ethyl adjacent to an activating group) is 1. The van der Waals surface area contributed by atoms with E-state index in [1.165, 1.54) is 22.8 Å². The fourth-order valence-corrected chi connectivity index (χ4v) is 6.11. The molecule has 2 aliphatic rings. The Kier molecular flexibility index (Phi) is 5.90. The van der Waals surface area contributed by atoms with Gasteiger partial charge in [-0.15, -0.1) is 0 Å². The second-order valence-corrected chi connectivity index (χ2v) is 11.0. The number of rotatable bonds is 4. The zero-order valence-corrected chi connectivity index (χ0v) is 22.2. The molecule has 0 spiro atoms.